The highest BCUT2D eigenvalue weighted by molar-refractivity contribution is 14.1. The third kappa shape index (κ3) is 5.62. The van der Waals surface area contributed by atoms with Crippen molar-refractivity contribution in [1.82, 2.24) is 14.5 Å². The minimum absolute atomic E-state index is 0.00230. The fourth-order valence-corrected chi connectivity index (χ4v) is 3.82. The molecule has 9 nitrogen and oxygen atoms in total. The van der Waals surface area contributed by atoms with Gasteiger partial charge in [0.1, 0.15) is 11.6 Å². The van der Waals surface area contributed by atoms with E-state index in [1.165, 1.54) is 4.57 Å². The topological polar surface area (TPSA) is 120 Å². The Morgan fingerprint density at radius 3 is 2.33 bits per heavy atom. The van der Waals surface area contributed by atoms with E-state index >= 15 is 0 Å². The summed E-state index contributed by atoms with van der Waals surface area (Å²) in [7, 11) is 1.60. The number of carboxylic acid groups (broad SMARTS) is 1. The minimum atomic E-state index is -1.21. The first-order valence-corrected chi connectivity index (χ1v) is 11.2. The van der Waals surface area contributed by atoms with E-state index in [9.17, 15) is 24.3 Å². The molecule has 33 heavy (non-hydrogen) atoms. The molecule has 1 atom stereocenters. The fourth-order valence-electron chi connectivity index (χ4n) is 3.33. The van der Waals surface area contributed by atoms with E-state index in [0.717, 1.165) is 8.14 Å². The van der Waals surface area contributed by atoms with Crippen molar-refractivity contribution >= 4 is 45.6 Å². The number of hydrogen-bond donors (Lipinski definition) is 2. The first-order chi connectivity index (χ1) is 15.4. The first kappa shape index (κ1) is 24.5. The largest absolute Gasteiger partial charge is 0.480 e. The van der Waals surface area contributed by atoms with Crippen LogP contribution in [0.25, 0.3) is 16.6 Å². The molecule has 2 N–H and O–H groups in total. The average molecular weight is 565 g/mol. The van der Waals surface area contributed by atoms with Crippen molar-refractivity contribution in [2.75, 3.05) is 0 Å². The molecular formula is C23H24IN3O6. The molecule has 1 heterocycles. The van der Waals surface area contributed by atoms with Gasteiger partial charge in [-0.05, 0) is 79.3 Å². The van der Waals surface area contributed by atoms with Crippen molar-refractivity contribution in [2.45, 2.75) is 38.8 Å². The van der Waals surface area contributed by atoms with E-state index in [4.69, 9.17) is 4.74 Å². The Hall–Kier alpha value is -3.15. The SMILES string of the molecule is Cn1c(=O)n(-c2ccc(C[C@H](NC(=O)OC(C)(C)C)C(=O)O)cc2)c(=O)c2cc(I)ccc21. The molecule has 0 aliphatic heterocycles. The zero-order valence-electron chi connectivity index (χ0n) is 18.6. The van der Waals surface area contributed by atoms with Gasteiger partial charge in [-0.15, -0.1) is 0 Å². The maximum absolute atomic E-state index is 13.0. The molecule has 1 aromatic heterocycles. The fraction of sp³-hybridized carbons (Fsp3) is 0.304. The number of nitrogens with zero attached hydrogens (tertiary/aromatic N) is 2. The van der Waals surface area contributed by atoms with Crippen LogP contribution >= 0.6 is 22.6 Å². The molecule has 0 spiro atoms. The van der Waals surface area contributed by atoms with Crippen LogP contribution < -0.4 is 16.6 Å². The Labute approximate surface area is 203 Å². The predicted molar refractivity (Wildman–Crippen MR) is 132 cm³/mol. The number of carbonyl (C=O) groups is 2. The molecular weight excluding hydrogens is 541 g/mol. The first-order valence-electron chi connectivity index (χ1n) is 10.1. The van der Waals surface area contributed by atoms with E-state index < -0.39 is 35.0 Å². The van der Waals surface area contributed by atoms with Gasteiger partial charge >= 0.3 is 17.8 Å². The lowest BCUT2D eigenvalue weighted by atomic mass is 10.1. The molecule has 0 radical (unpaired) electrons. The number of carbonyl (C=O) groups excluding carboxylic acids is 1. The average Bonchev–Trinajstić information content (AvgIpc) is 2.71. The summed E-state index contributed by atoms with van der Waals surface area (Å²) >= 11 is 2.10. The van der Waals surface area contributed by atoms with Crippen LogP contribution in [-0.2, 0) is 23.0 Å². The summed E-state index contributed by atoms with van der Waals surface area (Å²) < 4.78 is 8.48. The molecule has 0 fully saturated rings. The zero-order valence-corrected chi connectivity index (χ0v) is 20.7. The number of benzene rings is 2. The van der Waals surface area contributed by atoms with Gasteiger partial charge in [0.05, 0.1) is 16.6 Å². The molecule has 0 bridgehead atoms. The van der Waals surface area contributed by atoms with Crippen molar-refractivity contribution in [1.29, 1.82) is 0 Å². The molecule has 3 aromatic rings. The minimum Gasteiger partial charge on any atom is -0.480 e. The van der Waals surface area contributed by atoms with Crippen LogP contribution in [0.3, 0.4) is 0 Å². The number of alkyl carbamates (subject to hydrolysis) is 1. The van der Waals surface area contributed by atoms with E-state index in [1.54, 1.807) is 64.2 Å². The van der Waals surface area contributed by atoms with E-state index in [1.807, 2.05) is 6.07 Å². The second-order valence-corrected chi connectivity index (χ2v) is 9.80. The number of rotatable bonds is 5. The van der Waals surface area contributed by atoms with Gasteiger partial charge in [-0.3, -0.25) is 9.36 Å². The van der Waals surface area contributed by atoms with E-state index in [2.05, 4.69) is 27.9 Å². The molecule has 0 aliphatic carbocycles. The lowest BCUT2D eigenvalue weighted by Crippen LogP contribution is -2.44. The number of amides is 1. The van der Waals surface area contributed by atoms with Gasteiger partial charge in [0.15, 0.2) is 0 Å². The van der Waals surface area contributed by atoms with Gasteiger partial charge < -0.3 is 15.2 Å². The highest BCUT2D eigenvalue weighted by Gasteiger charge is 2.24. The second-order valence-electron chi connectivity index (χ2n) is 8.55. The van der Waals surface area contributed by atoms with Crippen LogP contribution in [0.5, 0.6) is 0 Å². The summed E-state index contributed by atoms with van der Waals surface area (Å²) in [6.45, 7) is 5.04. The van der Waals surface area contributed by atoms with E-state index in [0.29, 0.717) is 22.2 Å². The number of aryl methyl sites for hydroxylation is 1. The number of hydrogen-bond acceptors (Lipinski definition) is 5. The monoisotopic (exact) mass is 565 g/mol. The molecule has 2 aromatic carbocycles. The molecule has 3 rings (SSSR count). The van der Waals surface area contributed by atoms with Crippen LogP contribution in [0.2, 0.25) is 0 Å². The quantitative estimate of drug-likeness (QED) is 0.460. The van der Waals surface area contributed by atoms with Gasteiger partial charge in [-0.1, -0.05) is 12.1 Å². The highest BCUT2D eigenvalue weighted by atomic mass is 127. The Morgan fingerprint density at radius 2 is 1.76 bits per heavy atom. The van der Waals surface area contributed by atoms with Gasteiger partial charge in [0.25, 0.3) is 5.56 Å². The summed E-state index contributed by atoms with van der Waals surface area (Å²) in [5.74, 6) is -1.21. The Kier molecular flexibility index (Phi) is 6.96. The molecule has 1 amide bonds. The molecule has 10 heteroatoms. The van der Waals surface area contributed by atoms with Crippen molar-refractivity contribution in [3.05, 3.63) is 72.4 Å². The summed E-state index contributed by atoms with van der Waals surface area (Å²) in [5, 5.41) is 12.2. The number of halogens is 1. The smallest absolute Gasteiger partial charge is 0.408 e. The molecule has 0 saturated carbocycles. The number of fused-ring (bicyclic) bond motifs is 1. The van der Waals surface area contributed by atoms with Gasteiger partial charge in [-0.2, -0.15) is 0 Å². The summed E-state index contributed by atoms with van der Waals surface area (Å²) in [6, 6.07) is 10.5. The zero-order chi connectivity index (χ0) is 24.5. The molecule has 0 unspecified atom stereocenters. The summed E-state index contributed by atoms with van der Waals surface area (Å²) in [4.78, 5) is 49.5. The van der Waals surface area contributed by atoms with Crippen molar-refractivity contribution in [3.8, 4) is 5.69 Å². The number of nitrogens with one attached hydrogen (secondary N) is 1. The second kappa shape index (κ2) is 9.38. The maximum atomic E-state index is 13.0. The Bertz CT molecular complexity index is 1340. The number of ether oxygens (including phenoxy) is 1. The lowest BCUT2D eigenvalue weighted by Gasteiger charge is -2.22. The standard InChI is InChI=1S/C23H24IN3O6/c1-23(2,3)33-21(31)25-17(20(29)30)11-13-5-8-15(9-6-13)27-19(28)16-12-14(24)7-10-18(16)26(4)22(27)32/h5-10,12,17H,11H2,1-4H3,(H,25,31)(H,29,30)/t17-/m0/s1. The summed E-state index contributed by atoms with van der Waals surface area (Å²) in [6.07, 6.45) is -0.829. The normalized spacial score (nSPS) is 12.4. The third-order valence-corrected chi connectivity index (χ3v) is 5.53. The number of carboxylic acids is 1. The van der Waals surface area contributed by atoms with Crippen LogP contribution in [-0.4, -0.2) is 37.9 Å². The van der Waals surface area contributed by atoms with Crippen LogP contribution in [0.1, 0.15) is 26.3 Å². The molecule has 0 saturated heterocycles. The lowest BCUT2D eigenvalue weighted by molar-refractivity contribution is -0.139. The molecule has 0 aliphatic rings. The Morgan fingerprint density at radius 1 is 1.12 bits per heavy atom. The van der Waals surface area contributed by atoms with Crippen LogP contribution in [0.15, 0.2) is 52.1 Å². The van der Waals surface area contributed by atoms with Gasteiger partial charge in [0, 0.05) is 17.0 Å². The molecule has 174 valence electrons. The van der Waals surface area contributed by atoms with Crippen molar-refractivity contribution in [2.24, 2.45) is 7.05 Å². The number of aliphatic carboxylic acids is 1. The van der Waals surface area contributed by atoms with Crippen LogP contribution in [0.4, 0.5) is 4.79 Å². The van der Waals surface area contributed by atoms with Crippen LogP contribution in [0, 0.1) is 3.57 Å². The predicted octanol–water partition coefficient (Wildman–Crippen LogP) is 2.81. The maximum Gasteiger partial charge on any atom is 0.408 e. The van der Waals surface area contributed by atoms with Gasteiger partial charge in [0.2, 0.25) is 0 Å². The van der Waals surface area contributed by atoms with Crippen molar-refractivity contribution in [3.63, 3.8) is 0 Å². The summed E-state index contributed by atoms with van der Waals surface area (Å²) in [5.41, 5.74) is -0.187. The third-order valence-electron chi connectivity index (χ3n) is 4.86. The highest BCUT2D eigenvalue weighted by Crippen LogP contribution is 2.15. The number of aromatic nitrogens is 2. The van der Waals surface area contributed by atoms with E-state index in [-0.39, 0.29) is 6.42 Å². The Balaban J connectivity index is 1.91. The van der Waals surface area contributed by atoms with Gasteiger partial charge in [-0.25, -0.2) is 19.0 Å². The van der Waals surface area contributed by atoms with Crippen molar-refractivity contribution < 1.29 is 19.4 Å².